The third-order valence-corrected chi connectivity index (χ3v) is 2.84. The average Bonchev–Trinajstić information content (AvgIpc) is 2.38. The van der Waals surface area contributed by atoms with E-state index in [-0.39, 0.29) is 17.5 Å². The van der Waals surface area contributed by atoms with Crippen LogP contribution in [-0.4, -0.2) is 15.9 Å². The summed E-state index contributed by atoms with van der Waals surface area (Å²) in [6.07, 6.45) is 1.52. The summed E-state index contributed by atoms with van der Waals surface area (Å²) in [5.74, 6) is -1.45. The molecule has 7 N–H and O–H groups in total. The van der Waals surface area contributed by atoms with Crippen molar-refractivity contribution in [1.82, 2.24) is 9.97 Å². The minimum absolute atomic E-state index is 0.0753. The smallest absolute Gasteiger partial charge is 0.211 e. The van der Waals surface area contributed by atoms with E-state index in [1.807, 2.05) is 0 Å². The third kappa shape index (κ3) is 2.06. The Labute approximate surface area is 113 Å². The molecule has 3 rings (SSSR count). The van der Waals surface area contributed by atoms with E-state index in [9.17, 15) is 4.39 Å². The van der Waals surface area contributed by atoms with E-state index in [0.717, 1.165) is 0 Å². The molecule has 0 unspecified atom stereocenters. The second-order valence-electron chi connectivity index (χ2n) is 4.41. The van der Waals surface area contributed by atoms with E-state index in [2.05, 4.69) is 20.3 Å². The summed E-state index contributed by atoms with van der Waals surface area (Å²) in [6.45, 7) is 0. The first kappa shape index (κ1) is 12.5. The molecule has 8 heteroatoms. The van der Waals surface area contributed by atoms with Crippen molar-refractivity contribution in [3.8, 4) is 11.3 Å². The molecule has 0 atom stereocenters. The number of rotatable bonds is 1. The fourth-order valence-corrected chi connectivity index (χ4v) is 1.92. The van der Waals surface area contributed by atoms with Gasteiger partial charge in [-0.05, 0) is 24.3 Å². The zero-order valence-corrected chi connectivity index (χ0v) is 10.3. The van der Waals surface area contributed by atoms with Crippen LogP contribution in [0.2, 0.25) is 0 Å². The number of benzene rings is 1. The van der Waals surface area contributed by atoms with E-state index in [1.54, 1.807) is 12.1 Å². The zero-order valence-electron chi connectivity index (χ0n) is 10.3. The minimum Gasteiger partial charge on any atom is -0.370 e. The summed E-state index contributed by atoms with van der Waals surface area (Å²) in [7, 11) is 0. The molecular formula is C12H12FN7. The van der Waals surface area contributed by atoms with Crippen molar-refractivity contribution in [2.75, 3.05) is 5.32 Å². The van der Waals surface area contributed by atoms with E-state index in [4.69, 9.17) is 17.2 Å². The van der Waals surface area contributed by atoms with Crippen LogP contribution in [0.25, 0.3) is 11.3 Å². The first-order valence-electron chi connectivity index (χ1n) is 5.79. The molecule has 2 heterocycles. The first-order chi connectivity index (χ1) is 9.45. The Morgan fingerprint density at radius 2 is 1.85 bits per heavy atom. The molecule has 7 nitrogen and oxygen atoms in total. The molecule has 20 heavy (non-hydrogen) atoms. The molecule has 1 aromatic heterocycles. The number of guanidine groups is 1. The quantitative estimate of drug-likeness (QED) is 0.543. The highest BCUT2D eigenvalue weighted by Gasteiger charge is 2.32. The van der Waals surface area contributed by atoms with Gasteiger partial charge >= 0.3 is 0 Å². The van der Waals surface area contributed by atoms with Crippen LogP contribution in [-0.2, 0) is 5.79 Å². The first-order valence-corrected chi connectivity index (χ1v) is 5.79. The summed E-state index contributed by atoms with van der Waals surface area (Å²) < 4.78 is 12.9. The molecule has 0 saturated carbocycles. The third-order valence-electron chi connectivity index (χ3n) is 2.84. The normalized spacial score (nSPS) is 16.1. The lowest BCUT2D eigenvalue weighted by Gasteiger charge is -2.26. The van der Waals surface area contributed by atoms with Crippen LogP contribution in [0.1, 0.15) is 5.69 Å². The Kier molecular flexibility index (Phi) is 2.63. The number of fused-ring (bicyclic) bond motifs is 1. The van der Waals surface area contributed by atoms with E-state index in [0.29, 0.717) is 17.1 Å². The lowest BCUT2D eigenvalue weighted by Crippen LogP contribution is -2.51. The lowest BCUT2D eigenvalue weighted by molar-refractivity contribution is 0.471. The van der Waals surface area contributed by atoms with Crippen LogP contribution in [0, 0.1) is 5.82 Å². The molecule has 0 bridgehead atoms. The van der Waals surface area contributed by atoms with Crippen molar-refractivity contribution in [3.05, 3.63) is 42.0 Å². The number of aliphatic imine (C=N–C) groups is 1. The molecular weight excluding hydrogens is 261 g/mol. The SMILES string of the molecule is NC1=NC(N)(N)c2nc(-c3ccc(F)cc3)cnc2N1. The number of nitrogens with one attached hydrogen (secondary N) is 1. The molecule has 1 aliphatic rings. The lowest BCUT2D eigenvalue weighted by atomic mass is 10.1. The molecule has 2 aromatic rings. The zero-order chi connectivity index (χ0) is 14.3. The highest BCUT2D eigenvalue weighted by molar-refractivity contribution is 5.94. The summed E-state index contributed by atoms with van der Waals surface area (Å²) in [5.41, 5.74) is 18.8. The Morgan fingerprint density at radius 1 is 1.15 bits per heavy atom. The van der Waals surface area contributed by atoms with Crippen LogP contribution in [0.4, 0.5) is 10.2 Å². The molecule has 0 saturated heterocycles. The maximum Gasteiger partial charge on any atom is 0.211 e. The van der Waals surface area contributed by atoms with Gasteiger partial charge in [-0.3, -0.25) is 11.5 Å². The Bertz CT molecular complexity index is 693. The van der Waals surface area contributed by atoms with Gasteiger partial charge in [0.1, 0.15) is 11.5 Å². The number of hydrogen-bond acceptors (Lipinski definition) is 7. The topological polar surface area (TPSA) is 128 Å². The van der Waals surface area contributed by atoms with Crippen molar-refractivity contribution in [2.24, 2.45) is 22.2 Å². The second-order valence-corrected chi connectivity index (χ2v) is 4.41. The fraction of sp³-hybridized carbons (Fsp3) is 0.0833. The standard InChI is InChI=1S/C12H12FN7/c13-7-3-1-6(2-4-7)8-5-17-10-9(18-8)12(15,16)20-11(14)19-10/h1-5H,15-16H2,(H3,14,17,19,20). The predicted molar refractivity (Wildman–Crippen MR) is 72.7 cm³/mol. The van der Waals surface area contributed by atoms with Gasteiger partial charge in [0.25, 0.3) is 0 Å². The number of nitrogens with zero attached hydrogens (tertiary/aromatic N) is 3. The molecule has 102 valence electrons. The molecule has 0 spiro atoms. The number of nitrogens with two attached hydrogens (primary N) is 3. The van der Waals surface area contributed by atoms with Crippen molar-refractivity contribution in [2.45, 2.75) is 5.79 Å². The van der Waals surface area contributed by atoms with Gasteiger partial charge in [0, 0.05) is 5.56 Å². The van der Waals surface area contributed by atoms with E-state index in [1.165, 1.54) is 18.3 Å². The summed E-state index contributed by atoms with van der Waals surface area (Å²) in [4.78, 5) is 12.4. The molecule has 1 aromatic carbocycles. The number of aromatic nitrogens is 2. The van der Waals surface area contributed by atoms with Gasteiger partial charge in [-0.25, -0.2) is 19.4 Å². The largest absolute Gasteiger partial charge is 0.370 e. The van der Waals surface area contributed by atoms with E-state index >= 15 is 0 Å². The summed E-state index contributed by atoms with van der Waals surface area (Å²) in [6, 6.07) is 5.86. The Balaban J connectivity index is 2.09. The van der Waals surface area contributed by atoms with Crippen LogP contribution < -0.4 is 22.5 Å². The molecule has 0 radical (unpaired) electrons. The monoisotopic (exact) mass is 273 g/mol. The van der Waals surface area contributed by atoms with Crippen molar-refractivity contribution < 1.29 is 4.39 Å². The maximum absolute atomic E-state index is 12.9. The van der Waals surface area contributed by atoms with Gasteiger partial charge in [0.2, 0.25) is 5.79 Å². The molecule has 0 amide bonds. The van der Waals surface area contributed by atoms with Crippen molar-refractivity contribution in [3.63, 3.8) is 0 Å². The van der Waals surface area contributed by atoms with E-state index < -0.39 is 5.79 Å². The predicted octanol–water partition coefficient (Wildman–Crippen LogP) is 0.0506. The van der Waals surface area contributed by atoms with Gasteiger partial charge in [0.05, 0.1) is 11.9 Å². The fourth-order valence-electron chi connectivity index (χ4n) is 1.92. The van der Waals surface area contributed by atoms with Gasteiger partial charge in [-0.15, -0.1) is 0 Å². The molecule has 0 fully saturated rings. The highest BCUT2D eigenvalue weighted by Crippen LogP contribution is 2.26. The van der Waals surface area contributed by atoms with Crippen LogP contribution in [0.15, 0.2) is 35.5 Å². The Morgan fingerprint density at radius 3 is 2.55 bits per heavy atom. The van der Waals surface area contributed by atoms with Crippen molar-refractivity contribution in [1.29, 1.82) is 0 Å². The second kappa shape index (κ2) is 4.22. The number of hydrogen-bond donors (Lipinski definition) is 4. The maximum atomic E-state index is 12.9. The average molecular weight is 273 g/mol. The number of anilines is 1. The van der Waals surface area contributed by atoms with Gasteiger partial charge in [-0.2, -0.15) is 0 Å². The van der Waals surface area contributed by atoms with Crippen LogP contribution in [0.3, 0.4) is 0 Å². The Hall–Kier alpha value is -2.58. The van der Waals surface area contributed by atoms with Crippen LogP contribution >= 0.6 is 0 Å². The minimum atomic E-state index is -1.55. The summed E-state index contributed by atoms with van der Waals surface area (Å²) >= 11 is 0. The highest BCUT2D eigenvalue weighted by atomic mass is 19.1. The van der Waals surface area contributed by atoms with Gasteiger partial charge in [0.15, 0.2) is 11.8 Å². The van der Waals surface area contributed by atoms with Crippen molar-refractivity contribution >= 4 is 11.8 Å². The number of halogens is 1. The summed E-state index contributed by atoms with van der Waals surface area (Å²) in [5, 5.41) is 2.74. The van der Waals surface area contributed by atoms with Crippen LogP contribution in [0.5, 0.6) is 0 Å². The molecule has 0 aliphatic carbocycles. The van der Waals surface area contributed by atoms with Gasteiger partial charge < -0.3 is 11.1 Å². The van der Waals surface area contributed by atoms with Gasteiger partial charge in [-0.1, -0.05) is 0 Å². The molecule has 1 aliphatic heterocycles.